The van der Waals surface area contributed by atoms with Gasteiger partial charge in [-0.15, -0.1) is 5.10 Å². The van der Waals surface area contributed by atoms with Gasteiger partial charge in [0.15, 0.2) is 5.69 Å². The van der Waals surface area contributed by atoms with E-state index in [4.69, 9.17) is 5.11 Å². The molecule has 2 rings (SSSR count). The summed E-state index contributed by atoms with van der Waals surface area (Å²) in [6, 6.07) is 0.0411. The van der Waals surface area contributed by atoms with E-state index in [1.807, 2.05) is 6.92 Å². The van der Waals surface area contributed by atoms with Crippen LogP contribution in [0.3, 0.4) is 0 Å². The van der Waals surface area contributed by atoms with Crippen molar-refractivity contribution in [3.8, 4) is 0 Å². The van der Waals surface area contributed by atoms with E-state index in [0.717, 1.165) is 6.42 Å². The number of carboxylic acid groups (broad SMARTS) is 1. The molecule has 0 aliphatic carbocycles. The molecule has 1 aromatic heterocycles. The number of carboxylic acids is 1. The first kappa shape index (κ1) is 15.3. The van der Waals surface area contributed by atoms with Crippen LogP contribution in [0.25, 0.3) is 0 Å². The molecule has 2 heterocycles. The Kier molecular flexibility index (Phi) is 4.44. The number of aromatic carboxylic acids is 1. The van der Waals surface area contributed by atoms with Gasteiger partial charge in [-0.05, 0) is 12.8 Å². The standard InChI is InChI=1S/C13H21N5O3/c1-4-8(2)9(3)14-13(21)17-5-10(6-17)18-7-11(12(19)20)15-16-18/h7-10H,4-6H2,1-3H3,(H,14,21)(H,19,20). The Morgan fingerprint density at radius 3 is 2.67 bits per heavy atom. The summed E-state index contributed by atoms with van der Waals surface area (Å²) < 4.78 is 1.51. The summed E-state index contributed by atoms with van der Waals surface area (Å²) >= 11 is 0. The summed E-state index contributed by atoms with van der Waals surface area (Å²) in [5.41, 5.74) is -0.0803. The Morgan fingerprint density at radius 2 is 2.14 bits per heavy atom. The topological polar surface area (TPSA) is 100 Å². The average molecular weight is 295 g/mol. The van der Waals surface area contributed by atoms with E-state index in [-0.39, 0.29) is 23.8 Å². The number of nitrogens with one attached hydrogen (secondary N) is 1. The van der Waals surface area contributed by atoms with Crippen molar-refractivity contribution >= 4 is 12.0 Å². The molecule has 0 saturated carbocycles. The zero-order chi connectivity index (χ0) is 15.6. The minimum atomic E-state index is -1.10. The Balaban J connectivity index is 1.82. The predicted octanol–water partition coefficient (Wildman–Crippen LogP) is 0.977. The first-order chi connectivity index (χ1) is 9.92. The Morgan fingerprint density at radius 1 is 1.48 bits per heavy atom. The molecule has 8 heteroatoms. The number of carbonyl (C=O) groups excluding carboxylic acids is 1. The number of aromatic nitrogens is 3. The fourth-order valence-electron chi connectivity index (χ4n) is 2.12. The van der Waals surface area contributed by atoms with Crippen LogP contribution in [-0.2, 0) is 0 Å². The Hall–Kier alpha value is -2.12. The van der Waals surface area contributed by atoms with E-state index in [9.17, 15) is 9.59 Å². The van der Waals surface area contributed by atoms with E-state index < -0.39 is 5.97 Å². The van der Waals surface area contributed by atoms with E-state index in [2.05, 4.69) is 29.5 Å². The van der Waals surface area contributed by atoms with E-state index >= 15 is 0 Å². The van der Waals surface area contributed by atoms with Crippen LogP contribution in [0.4, 0.5) is 4.79 Å². The van der Waals surface area contributed by atoms with Crippen molar-refractivity contribution in [2.75, 3.05) is 13.1 Å². The largest absolute Gasteiger partial charge is 0.476 e. The molecule has 0 aromatic carbocycles. The van der Waals surface area contributed by atoms with Crippen molar-refractivity contribution in [2.45, 2.75) is 39.3 Å². The Labute approximate surface area is 123 Å². The molecule has 2 unspecified atom stereocenters. The van der Waals surface area contributed by atoms with Gasteiger partial charge in [-0.2, -0.15) is 0 Å². The van der Waals surface area contributed by atoms with Crippen molar-refractivity contribution in [3.05, 3.63) is 11.9 Å². The van der Waals surface area contributed by atoms with Gasteiger partial charge in [-0.25, -0.2) is 14.3 Å². The smallest absolute Gasteiger partial charge is 0.358 e. The molecular formula is C13H21N5O3. The third-order valence-electron chi connectivity index (χ3n) is 4.10. The summed E-state index contributed by atoms with van der Waals surface area (Å²) in [4.78, 5) is 24.4. The molecule has 1 aliphatic heterocycles. The first-order valence-corrected chi connectivity index (χ1v) is 7.13. The summed E-state index contributed by atoms with van der Waals surface area (Å²) in [6.45, 7) is 7.23. The normalized spacial score (nSPS) is 18.0. The molecule has 0 spiro atoms. The van der Waals surface area contributed by atoms with Gasteiger partial charge in [0, 0.05) is 19.1 Å². The van der Waals surface area contributed by atoms with Crippen LogP contribution in [0.5, 0.6) is 0 Å². The molecule has 8 nitrogen and oxygen atoms in total. The highest BCUT2D eigenvalue weighted by atomic mass is 16.4. The highest BCUT2D eigenvalue weighted by molar-refractivity contribution is 5.84. The van der Waals surface area contributed by atoms with Gasteiger partial charge in [0.2, 0.25) is 0 Å². The van der Waals surface area contributed by atoms with Gasteiger partial charge in [0.1, 0.15) is 0 Å². The van der Waals surface area contributed by atoms with Gasteiger partial charge in [0.05, 0.1) is 12.2 Å². The van der Waals surface area contributed by atoms with Crippen LogP contribution in [0.2, 0.25) is 0 Å². The molecule has 21 heavy (non-hydrogen) atoms. The van der Waals surface area contributed by atoms with Gasteiger partial charge in [-0.1, -0.05) is 25.5 Å². The molecule has 2 N–H and O–H groups in total. The third kappa shape index (κ3) is 3.32. The highest BCUT2D eigenvalue weighted by Crippen LogP contribution is 2.20. The maximum atomic E-state index is 12.0. The van der Waals surface area contributed by atoms with Crippen LogP contribution >= 0.6 is 0 Å². The zero-order valence-electron chi connectivity index (χ0n) is 12.5. The predicted molar refractivity (Wildman–Crippen MR) is 75.0 cm³/mol. The van der Waals surface area contributed by atoms with Crippen molar-refractivity contribution in [2.24, 2.45) is 5.92 Å². The summed E-state index contributed by atoms with van der Waals surface area (Å²) in [5.74, 6) is -0.669. The third-order valence-corrected chi connectivity index (χ3v) is 4.10. The second-order valence-corrected chi connectivity index (χ2v) is 5.57. The average Bonchev–Trinajstić information content (AvgIpc) is 2.85. The number of likely N-dealkylation sites (tertiary alicyclic amines) is 1. The molecule has 1 fully saturated rings. The van der Waals surface area contributed by atoms with Crippen LogP contribution in [0.1, 0.15) is 43.7 Å². The van der Waals surface area contributed by atoms with Crippen LogP contribution in [0.15, 0.2) is 6.20 Å². The molecule has 116 valence electrons. The van der Waals surface area contributed by atoms with E-state index in [1.165, 1.54) is 10.9 Å². The lowest BCUT2D eigenvalue weighted by molar-refractivity contribution is 0.0690. The number of nitrogens with zero attached hydrogens (tertiary/aromatic N) is 4. The highest BCUT2D eigenvalue weighted by Gasteiger charge is 2.33. The maximum Gasteiger partial charge on any atom is 0.358 e. The fourth-order valence-corrected chi connectivity index (χ4v) is 2.12. The van der Waals surface area contributed by atoms with Crippen LogP contribution < -0.4 is 5.32 Å². The van der Waals surface area contributed by atoms with Crippen molar-refractivity contribution < 1.29 is 14.7 Å². The minimum Gasteiger partial charge on any atom is -0.476 e. The van der Waals surface area contributed by atoms with E-state index in [1.54, 1.807) is 4.90 Å². The number of urea groups is 1. The van der Waals surface area contributed by atoms with Gasteiger partial charge < -0.3 is 15.3 Å². The van der Waals surface area contributed by atoms with Gasteiger partial charge >= 0.3 is 12.0 Å². The van der Waals surface area contributed by atoms with Crippen LogP contribution in [-0.4, -0.2) is 56.1 Å². The maximum absolute atomic E-state index is 12.0. The molecule has 0 radical (unpaired) electrons. The number of carbonyl (C=O) groups is 2. The van der Waals surface area contributed by atoms with Crippen LogP contribution in [0, 0.1) is 5.92 Å². The van der Waals surface area contributed by atoms with Gasteiger partial charge in [-0.3, -0.25) is 0 Å². The summed E-state index contributed by atoms with van der Waals surface area (Å²) in [5, 5.41) is 19.1. The fraction of sp³-hybridized carbons (Fsp3) is 0.692. The van der Waals surface area contributed by atoms with E-state index in [0.29, 0.717) is 19.0 Å². The number of rotatable bonds is 5. The lowest BCUT2D eigenvalue weighted by Gasteiger charge is -2.39. The molecule has 1 aromatic rings. The monoisotopic (exact) mass is 295 g/mol. The van der Waals surface area contributed by atoms with Crippen molar-refractivity contribution in [3.63, 3.8) is 0 Å². The van der Waals surface area contributed by atoms with Crippen molar-refractivity contribution in [1.29, 1.82) is 0 Å². The first-order valence-electron chi connectivity index (χ1n) is 7.13. The molecule has 2 atom stereocenters. The summed E-state index contributed by atoms with van der Waals surface area (Å²) in [7, 11) is 0. The van der Waals surface area contributed by atoms with Crippen molar-refractivity contribution in [1.82, 2.24) is 25.2 Å². The summed E-state index contributed by atoms with van der Waals surface area (Å²) in [6.07, 6.45) is 2.41. The molecule has 2 amide bonds. The number of hydrogen-bond donors (Lipinski definition) is 2. The number of hydrogen-bond acceptors (Lipinski definition) is 4. The lowest BCUT2D eigenvalue weighted by atomic mass is 10.0. The second kappa shape index (κ2) is 6.11. The second-order valence-electron chi connectivity index (χ2n) is 5.57. The Bertz CT molecular complexity index is 524. The quantitative estimate of drug-likeness (QED) is 0.843. The molecular weight excluding hydrogens is 274 g/mol. The molecule has 1 aliphatic rings. The molecule has 0 bridgehead atoms. The molecule has 1 saturated heterocycles. The SMILES string of the molecule is CCC(C)C(C)NC(=O)N1CC(n2cc(C(=O)O)nn2)C1. The lowest BCUT2D eigenvalue weighted by Crippen LogP contribution is -2.56. The zero-order valence-corrected chi connectivity index (χ0v) is 12.5. The van der Waals surface area contributed by atoms with Gasteiger partial charge in [0.25, 0.3) is 0 Å². The number of amides is 2. The minimum absolute atomic E-state index is 0.00439.